The molecular weight excluding hydrogens is 480 g/mol. The van der Waals surface area contributed by atoms with Gasteiger partial charge < -0.3 is 20.1 Å². The molecule has 0 aliphatic carbocycles. The topological polar surface area (TPSA) is 105 Å². The third-order valence-corrected chi connectivity index (χ3v) is 7.07. The highest BCUT2D eigenvalue weighted by Gasteiger charge is 2.23. The van der Waals surface area contributed by atoms with Gasteiger partial charge in [0.2, 0.25) is 5.91 Å². The van der Waals surface area contributed by atoms with Gasteiger partial charge in [-0.1, -0.05) is 50.6 Å². The number of carbonyl (C=O) groups excluding carboxylic acids is 2. The quantitative estimate of drug-likeness (QED) is 0.385. The molecule has 38 heavy (non-hydrogen) atoms. The molecule has 0 spiro atoms. The van der Waals surface area contributed by atoms with Gasteiger partial charge in [0.15, 0.2) is 0 Å². The molecule has 1 aliphatic heterocycles. The van der Waals surface area contributed by atoms with Crippen LogP contribution in [0.4, 0.5) is 0 Å². The van der Waals surface area contributed by atoms with Gasteiger partial charge in [-0.05, 0) is 47.1 Å². The van der Waals surface area contributed by atoms with Crippen molar-refractivity contribution < 1.29 is 19.4 Å². The minimum absolute atomic E-state index is 0.134. The Bertz CT molecular complexity index is 1240. The summed E-state index contributed by atoms with van der Waals surface area (Å²) in [7, 11) is 0. The number of benzene rings is 2. The van der Waals surface area contributed by atoms with Crippen LogP contribution in [-0.4, -0.2) is 58.1 Å². The first-order valence-electron chi connectivity index (χ1n) is 13.2. The first-order chi connectivity index (χ1) is 18.3. The number of morpholine rings is 1. The second-order valence-corrected chi connectivity index (χ2v) is 10.3. The smallest absolute Gasteiger partial charge is 0.271 e. The van der Waals surface area contributed by atoms with E-state index in [1.54, 1.807) is 0 Å². The van der Waals surface area contributed by atoms with Crippen molar-refractivity contribution in [3.05, 3.63) is 77.9 Å². The van der Waals surface area contributed by atoms with Gasteiger partial charge in [-0.15, -0.1) is 0 Å². The number of unbranched alkanes of at least 4 members (excludes halogenated alkanes) is 1. The summed E-state index contributed by atoms with van der Waals surface area (Å²) in [4.78, 5) is 34.5. The van der Waals surface area contributed by atoms with Crippen molar-refractivity contribution >= 4 is 11.8 Å². The SMILES string of the molecule is CC(C)(CCCCC(=O)N1CCOCC1)c1ccc(-c2cccc(CNC(=O)c3cnccn3)c2)c(O)c1. The number of hydrogen-bond donors (Lipinski definition) is 2. The minimum atomic E-state index is -0.289. The molecule has 0 unspecified atom stereocenters. The monoisotopic (exact) mass is 516 g/mol. The van der Waals surface area contributed by atoms with Crippen LogP contribution in [-0.2, 0) is 21.5 Å². The van der Waals surface area contributed by atoms with Gasteiger partial charge in [-0.3, -0.25) is 14.6 Å². The van der Waals surface area contributed by atoms with Crippen molar-refractivity contribution in [2.75, 3.05) is 26.3 Å². The zero-order valence-corrected chi connectivity index (χ0v) is 22.2. The van der Waals surface area contributed by atoms with E-state index in [1.165, 1.54) is 18.6 Å². The maximum Gasteiger partial charge on any atom is 0.271 e. The predicted octanol–water partition coefficient (Wildman–Crippen LogP) is 4.48. The number of rotatable bonds is 10. The molecule has 3 aromatic rings. The van der Waals surface area contributed by atoms with Gasteiger partial charge in [-0.2, -0.15) is 0 Å². The van der Waals surface area contributed by atoms with Crippen molar-refractivity contribution in [1.82, 2.24) is 20.2 Å². The molecule has 1 fully saturated rings. The van der Waals surface area contributed by atoms with Crippen LogP contribution in [0.15, 0.2) is 61.1 Å². The number of hydrogen-bond acceptors (Lipinski definition) is 6. The first-order valence-corrected chi connectivity index (χ1v) is 13.2. The summed E-state index contributed by atoms with van der Waals surface area (Å²) >= 11 is 0. The average molecular weight is 517 g/mol. The second kappa shape index (κ2) is 12.6. The lowest BCUT2D eigenvalue weighted by atomic mass is 9.79. The van der Waals surface area contributed by atoms with Crippen LogP contribution < -0.4 is 5.32 Å². The molecule has 0 atom stereocenters. The lowest BCUT2D eigenvalue weighted by Crippen LogP contribution is -2.40. The summed E-state index contributed by atoms with van der Waals surface area (Å²) in [5.74, 6) is 0.144. The molecule has 1 aliphatic rings. The second-order valence-electron chi connectivity index (χ2n) is 10.3. The summed E-state index contributed by atoms with van der Waals surface area (Å²) in [6.45, 7) is 7.32. The van der Waals surface area contributed by atoms with Crippen LogP contribution in [0.5, 0.6) is 5.75 Å². The number of phenols is 1. The Kier molecular flexibility index (Phi) is 9.07. The highest BCUT2D eigenvalue weighted by molar-refractivity contribution is 5.91. The molecule has 200 valence electrons. The Labute approximate surface area is 224 Å². The Morgan fingerprint density at radius 3 is 2.63 bits per heavy atom. The van der Waals surface area contributed by atoms with Gasteiger partial charge in [0, 0.05) is 44.0 Å². The molecule has 1 saturated heterocycles. The summed E-state index contributed by atoms with van der Waals surface area (Å²) in [6, 6.07) is 13.6. The van der Waals surface area contributed by atoms with Crippen LogP contribution in [0.25, 0.3) is 11.1 Å². The van der Waals surface area contributed by atoms with Crippen molar-refractivity contribution in [1.29, 1.82) is 0 Å². The molecule has 8 heteroatoms. The van der Waals surface area contributed by atoms with Crippen molar-refractivity contribution in [2.24, 2.45) is 0 Å². The van der Waals surface area contributed by atoms with Crippen molar-refractivity contribution in [3.8, 4) is 16.9 Å². The van der Waals surface area contributed by atoms with Gasteiger partial charge in [0.25, 0.3) is 5.91 Å². The summed E-state index contributed by atoms with van der Waals surface area (Å²) < 4.78 is 5.32. The molecule has 8 nitrogen and oxygen atoms in total. The van der Waals surface area contributed by atoms with E-state index in [9.17, 15) is 14.7 Å². The van der Waals surface area contributed by atoms with E-state index in [2.05, 4.69) is 35.2 Å². The van der Waals surface area contributed by atoms with Crippen LogP contribution in [0.2, 0.25) is 0 Å². The number of ether oxygens (including phenoxy) is 1. The number of phenolic OH excluding ortho intramolecular Hbond substituents is 1. The number of nitrogens with one attached hydrogen (secondary N) is 1. The van der Waals surface area contributed by atoms with Crippen molar-refractivity contribution in [2.45, 2.75) is 51.5 Å². The van der Waals surface area contributed by atoms with E-state index in [1.807, 2.05) is 41.3 Å². The fourth-order valence-electron chi connectivity index (χ4n) is 4.69. The Hall–Kier alpha value is -3.78. The van der Waals surface area contributed by atoms with E-state index in [0.717, 1.165) is 41.5 Å². The van der Waals surface area contributed by atoms with Crippen LogP contribution >= 0.6 is 0 Å². The Morgan fingerprint density at radius 1 is 1.08 bits per heavy atom. The van der Waals surface area contributed by atoms with Crippen LogP contribution in [0, 0.1) is 0 Å². The van der Waals surface area contributed by atoms with E-state index in [4.69, 9.17) is 4.74 Å². The minimum Gasteiger partial charge on any atom is -0.507 e. The molecule has 2 heterocycles. The number of aromatic hydroxyl groups is 1. The fourth-order valence-corrected chi connectivity index (χ4v) is 4.69. The summed E-state index contributed by atoms with van der Waals surface area (Å²) in [5.41, 5.74) is 3.72. The lowest BCUT2D eigenvalue weighted by Gasteiger charge is -2.28. The summed E-state index contributed by atoms with van der Waals surface area (Å²) in [6.07, 6.45) is 7.71. The maximum absolute atomic E-state index is 12.4. The lowest BCUT2D eigenvalue weighted by molar-refractivity contribution is -0.135. The van der Waals surface area contributed by atoms with Gasteiger partial charge in [0.1, 0.15) is 11.4 Å². The molecule has 0 saturated carbocycles. The fraction of sp³-hybridized carbons (Fsp3) is 0.400. The normalized spacial score (nSPS) is 13.8. The highest BCUT2D eigenvalue weighted by Crippen LogP contribution is 2.36. The molecule has 2 aromatic carbocycles. The van der Waals surface area contributed by atoms with Gasteiger partial charge >= 0.3 is 0 Å². The molecule has 2 N–H and O–H groups in total. The highest BCUT2D eigenvalue weighted by atomic mass is 16.5. The van der Waals surface area contributed by atoms with Gasteiger partial charge in [-0.25, -0.2) is 4.98 Å². The third kappa shape index (κ3) is 7.16. The predicted molar refractivity (Wildman–Crippen MR) is 146 cm³/mol. The van der Waals surface area contributed by atoms with E-state index in [0.29, 0.717) is 39.3 Å². The molecule has 0 bridgehead atoms. The maximum atomic E-state index is 12.4. The first kappa shape index (κ1) is 27.3. The number of aromatic nitrogens is 2. The number of amides is 2. The molecule has 2 amide bonds. The number of nitrogens with zero attached hydrogens (tertiary/aromatic N) is 3. The molecular formula is C30H36N4O4. The molecule has 4 rings (SSSR count). The standard InChI is InChI=1S/C30H36N4O4/c1-30(2,11-4-3-8-28(36)34-14-16-38-17-15-34)24-9-10-25(27(35)19-24)23-7-5-6-22(18-23)20-33-29(37)26-21-31-12-13-32-26/h5-7,9-10,12-13,18-19,21,35H,3-4,8,11,14-17,20H2,1-2H3,(H,33,37). The summed E-state index contributed by atoms with van der Waals surface area (Å²) in [5, 5.41) is 13.8. The van der Waals surface area contributed by atoms with Crippen LogP contribution in [0.3, 0.4) is 0 Å². The largest absolute Gasteiger partial charge is 0.507 e. The third-order valence-electron chi connectivity index (χ3n) is 7.07. The Balaban J connectivity index is 1.33. The van der Waals surface area contributed by atoms with E-state index >= 15 is 0 Å². The zero-order chi connectivity index (χ0) is 27.0. The molecule has 1 aromatic heterocycles. The van der Waals surface area contributed by atoms with E-state index in [-0.39, 0.29) is 28.7 Å². The molecule has 0 radical (unpaired) electrons. The number of carbonyl (C=O) groups is 2. The van der Waals surface area contributed by atoms with E-state index < -0.39 is 0 Å². The average Bonchev–Trinajstić information content (AvgIpc) is 2.95. The zero-order valence-electron chi connectivity index (χ0n) is 22.2. The van der Waals surface area contributed by atoms with Crippen molar-refractivity contribution in [3.63, 3.8) is 0 Å². The Morgan fingerprint density at radius 2 is 1.89 bits per heavy atom. The van der Waals surface area contributed by atoms with Gasteiger partial charge in [0.05, 0.1) is 19.4 Å². The van der Waals surface area contributed by atoms with Crippen LogP contribution in [0.1, 0.15) is 61.1 Å².